The second-order valence-electron chi connectivity index (χ2n) is 5.19. The van der Waals surface area contributed by atoms with E-state index in [1.54, 1.807) is 12.1 Å². The van der Waals surface area contributed by atoms with Crippen LogP contribution >= 0.6 is 0 Å². The second kappa shape index (κ2) is 6.06. The summed E-state index contributed by atoms with van der Waals surface area (Å²) in [5.74, 6) is 0.196. The maximum Gasteiger partial charge on any atom is 0.126 e. The molecule has 2 nitrogen and oxygen atoms in total. The number of hydrogen-bond donors (Lipinski definition) is 1. The summed E-state index contributed by atoms with van der Waals surface area (Å²) < 4.78 is 18.7. The van der Waals surface area contributed by atoms with Gasteiger partial charge in [-0.15, -0.1) is 0 Å². The molecule has 0 bridgehead atoms. The molecule has 0 saturated carbocycles. The first-order valence-electron chi connectivity index (χ1n) is 6.69. The summed E-state index contributed by atoms with van der Waals surface area (Å²) in [5.41, 5.74) is 10.9. The van der Waals surface area contributed by atoms with Gasteiger partial charge >= 0.3 is 0 Å². The van der Waals surface area contributed by atoms with E-state index in [0.717, 1.165) is 16.7 Å². The van der Waals surface area contributed by atoms with Crippen LogP contribution in [-0.2, 0) is 0 Å². The van der Waals surface area contributed by atoms with Gasteiger partial charge in [-0.2, -0.15) is 0 Å². The van der Waals surface area contributed by atoms with Crippen LogP contribution in [0.3, 0.4) is 0 Å². The summed E-state index contributed by atoms with van der Waals surface area (Å²) in [6.45, 7) is 6.50. The third kappa shape index (κ3) is 3.36. The molecule has 2 N–H and O–H groups in total. The Morgan fingerprint density at radius 3 is 2.35 bits per heavy atom. The molecule has 1 unspecified atom stereocenters. The van der Waals surface area contributed by atoms with E-state index < -0.39 is 0 Å². The summed E-state index contributed by atoms with van der Waals surface area (Å²) in [6, 6.07) is 10.1. The predicted molar refractivity (Wildman–Crippen MR) is 79.5 cm³/mol. The Labute approximate surface area is 119 Å². The fourth-order valence-electron chi connectivity index (χ4n) is 2.60. The van der Waals surface area contributed by atoms with E-state index in [2.05, 4.69) is 32.9 Å². The Balaban J connectivity index is 2.11. The lowest BCUT2D eigenvalue weighted by atomic mass is 9.95. The van der Waals surface area contributed by atoms with E-state index in [9.17, 15) is 4.39 Å². The molecular formula is C17H20FNO. The highest BCUT2D eigenvalue weighted by Crippen LogP contribution is 2.23. The standard InChI is InChI=1S/C17H20FNO/c1-11-7-12(2)17(13(3)8-11)16(19)10-20-15-6-4-5-14(18)9-15/h4-9,16H,10,19H2,1-3H3. The van der Waals surface area contributed by atoms with Gasteiger partial charge in [-0.05, 0) is 49.6 Å². The number of halogens is 1. The lowest BCUT2D eigenvalue weighted by molar-refractivity contribution is 0.288. The number of hydrogen-bond acceptors (Lipinski definition) is 2. The van der Waals surface area contributed by atoms with Crippen LogP contribution in [-0.4, -0.2) is 6.61 Å². The van der Waals surface area contributed by atoms with Crippen LogP contribution in [0.25, 0.3) is 0 Å². The minimum absolute atomic E-state index is 0.223. The van der Waals surface area contributed by atoms with Crippen molar-refractivity contribution < 1.29 is 9.13 Å². The van der Waals surface area contributed by atoms with E-state index in [4.69, 9.17) is 10.5 Å². The van der Waals surface area contributed by atoms with E-state index in [0.29, 0.717) is 12.4 Å². The van der Waals surface area contributed by atoms with Crippen molar-refractivity contribution in [3.8, 4) is 5.75 Å². The number of rotatable bonds is 4. The maximum atomic E-state index is 13.1. The highest BCUT2D eigenvalue weighted by Gasteiger charge is 2.13. The van der Waals surface area contributed by atoms with Gasteiger partial charge in [0.05, 0.1) is 6.04 Å². The fourth-order valence-corrected chi connectivity index (χ4v) is 2.60. The summed E-state index contributed by atoms with van der Waals surface area (Å²) in [5, 5.41) is 0. The van der Waals surface area contributed by atoms with Crippen LogP contribution in [0.4, 0.5) is 4.39 Å². The zero-order valence-corrected chi connectivity index (χ0v) is 12.1. The third-order valence-electron chi connectivity index (χ3n) is 3.33. The molecule has 0 aromatic heterocycles. The molecule has 0 fully saturated rings. The van der Waals surface area contributed by atoms with Crippen molar-refractivity contribution in [3.05, 3.63) is 64.5 Å². The van der Waals surface area contributed by atoms with Gasteiger partial charge in [0.2, 0.25) is 0 Å². The van der Waals surface area contributed by atoms with Gasteiger partial charge in [-0.3, -0.25) is 0 Å². The molecule has 0 heterocycles. The summed E-state index contributed by atoms with van der Waals surface area (Å²) in [6.07, 6.45) is 0. The van der Waals surface area contributed by atoms with Crippen LogP contribution in [0.15, 0.2) is 36.4 Å². The third-order valence-corrected chi connectivity index (χ3v) is 3.33. The van der Waals surface area contributed by atoms with Crippen molar-refractivity contribution in [1.82, 2.24) is 0 Å². The molecule has 0 aliphatic carbocycles. The molecule has 0 amide bonds. The van der Waals surface area contributed by atoms with Gasteiger partial charge in [0.15, 0.2) is 0 Å². The molecule has 0 radical (unpaired) electrons. The number of nitrogens with two attached hydrogens (primary N) is 1. The molecule has 20 heavy (non-hydrogen) atoms. The lowest BCUT2D eigenvalue weighted by Gasteiger charge is -2.19. The first-order chi connectivity index (χ1) is 9.47. The van der Waals surface area contributed by atoms with Crippen LogP contribution < -0.4 is 10.5 Å². The molecular weight excluding hydrogens is 253 g/mol. The largest absolute Gasteiger partial charge is 0.492 e. The van der Waals surface area contributed by atoms with Gasteiger partial charge in [-0.1, -0.05) is 23.8 Å². The van der Waals surface area contributed by atoms with Crippen LogP contribution in [0, 0.1) is 26.6 Å². The molecule has 2 aromatic carbocycles. The van der Waals surface area contributed by atoms with Crippen LogP contribution in [0.2, 0.25) is 0 Å². The minimum Gasteiger partial charge on any atom is -0.492 e. The normalized spacial score (nSPS) is 12.2. The highest BCUT2D eigenvalue weighted by atomic mass is 19.1. The molecule has 0 aliphatic heterocycles. The van der Waals surface area contributed by atoms with Gasteiger partial charge in [-0.25, -0.2) is 4.39 Å². The number of aryl methyl sites for hydroxylation is 3. The topological polar surface area (TPSA) is 35.2 Å². The van der Waals surface area contributed by atoms with Gasteiger partial charge in [0.25, 0.3) is 0 Å². The van der Waals surface area contributed by atoms with Gasteiger partial charge in [0, 0.05) is 6.07 Å². The molecule has 2 rings (SSSR count). The molecule has 0 saturated heterocycles. The molecule has 106 valence electrons. The SMILES string of the molecule is Cc1cc(C)c(C(N)COc2cccc(F)c2)c(C)c1. The van der Waals surface area contributed by atoms with Crippen molar-refractivity contribution in [2.24, 2.45) is 5.73 Å². The van der Waals surface area contributed by atoms with Crippen LogP contribution in [0.1, 0.15) is 28.3 Å². The smallest absolute Gasteiger partial charge is 0.126 e. The zero-order chi connectivity index (χ0) is 14.7. The molecule has 3 heteroatoms. The first-order valence-corrected chi connectivity index (χ1v) is 6.69. The first kappa shape index (κ1) is 14.5. The zero-order valence-electron chi connectivity index (χ0n) is 12.1. The fraction of sp³-hybridized carbons (Fsp3) is 0.294. The quantitative estimate of drug-likeness (QED) is 0.918. The predicted octanol–water partition coefficient (Wildman–Crippen LogP) is 3.83. The second-order valence-corrected chi connectivity index (χ2v) is 5.19. The summed E-state index contributed by atoms with van der Waals surface area (Å²) in [4.78, 5) is 0. The lowest BCUT2D eigenvalue weighted by Crippen LogP contribution is -2.21. The van der Waals surface area contributed by atoms with Gasteiger partial charge < -0.3 is 10.5 Å². The summed E-state index contributed by atoms with van der Waals surface area (Å²) >= 11 is 0. The average Bonchev–Trinajstić information content (AvgIpc) is 2.35. The minimum atomic E-state index is -0.307. The Morgan fingerprint density at radius 1 is 1.10 bits per heavy atom. The van der Waals surface area contributed by atoms with Crippen molar-refractivity contribution in [3.63, 3.8) is 0 Å². The molecule has 0 spiro atoms. The van der Waals surface area contributed by atoms with Crippen molar-refractivity contribution in [2.45, 2.75) is 26.8 Å². The molecule has 1 atom stereocenters. The number of benzene rings is 2. The van der Waals surface area contributed by atoms with Crippen molar-refractivity contribution >= 4 is 0 Å². The van der Waals surface area contributed by atoms with E-state index in [1.165, 1.54) is 17.7 Å². The Hall–Kier alpha value is -1.87. The average molecular weight is 273 g/mol. The monoisotopic (exact) mass is 273 g/mol. The van der Waals surface area contributed by atoms with E-state index in [-0.39, 0.29) is 11.9 Å². The van der Waals surface area contributed by atoms with Crippen LogP contribution in [0.5, 0.6) is 5.75 Å². The molecule has 0 aliphatic rings. The van der Waals surface area contributed by atoms with E-state index in [1.807, 2.05) is 0 Å². The van der Waals surface area contributed by atoms with Crippen molar-refractivity contribution in [1.29, 1.82) is 0 Å². The van der Waals surface area contributed by atoms with Gasteiger partial charge in [0.1, 0.15) is 18.2 Å². The van der Waals surface area contributed by atoms with E-state index >= 15 is 0 Å². The Kier molecular flexibility index (Phi) is 4.40. The highest BCUT2D eigenvalue weighted by molar-refractivity contribution is 5.39. The Bertz CT molecular complexity index is 587. The maximum absolute atomic E-state index is 13.1. The summed E-state index contributed by atoms with van der Waals surface area (Å²) in [7, 11) is 0. The molecule has 2 aromatic rings. The number of ether oxygens (including phenoxy) is 1. The van der Waals surface area contributed by atoms with Crippen molar-refractivity contribution in [2.75, 3.05) is 6.61 Å². The Morgan fingerprint density at radius 2 is 1.75 bits per heavy atom.